The molecule has 1 aromatic rings. The van der Waals surface area contributed by atoms with Crippen molar-refractivity contribution in [2.75, 3.05) is 6.54 Å². The highest BCUT2D eigenvalue weighted by molar-refractivity contribution is 5.92. The number of aromatic nitrogens is 1. The molecule has 1 aromatic heterocycles. The van der Waals surface area contributed by atoms with E-state index in [0.29, 0.717) is 19.0 Å². The number of rotatable bonds is 6. The number of carbonyl (C=O) groups is 2. The number of oxazole rings is 1. The summed E-state index contributed by atoms with van der Waals surface area (Å²) in [6.45, 7) is 2.77. The van der Waals surface area contributed by atoms with Crippen LogP contribution in [0.25, 0.3) is 0 Å². The van der Waals surface area contributed by atoms with Crippen LogP contribution >= 0.6 is 0 Å². The van der Waals surface area contributed by atoms with E-state index in [1.807, 2.05) is 6.92 Å². The first-order chi connectivity index (χ1) is 10.2. The van der Waals surface area contributed by atoms with E-state index in [9.17, 15) is 9.59 Å². The van der Waals surface area contributed by atoms with Gasteiger partial charge in [-0.3, -0.25) is 4.79 Å². The van der Waals surface area contributed by atoms with E-state index in [4.69, 9.17) is 4.42 Å². The normalized spacial score (nSPS) is 17.4. The van der Waals surface area contributed by atoms with Crippen LogP contribution in [0, 0.1) is 0 Å². The first-order valence-corrected chi connectivity index (χ1v) is 7.47. The summed E-state index contributed by atoms with van der Waals surface area (Å²) in [7, 11) is 0. The molecule has 0 spiro atoms. The fourth-order valence-corrected chi connectivity index (χ4v) is 2.13. The average molecular weight is 292 g/mol. The van der Waals surface area contributed by atoms with Gasteiger partial charge in [0.2, 0.25) is 5.89 Å². The van der Waals surface area contributed by atoms with E-state index in [2.05, 4.69) is 15.6 Å². The third-order valence-corrected chi connectivity index (χ3v) is 3.58. The fraction of sp³-hybridized carbons (Fsp3) is 0.643. The summed E-state index contributed by atoms with van der Waals surface area (Å²) in [5.74, 6) is 0.192. The van der Waals surface area contributed by atoms with Gasteiger partial charge in [-0.15, -0.1) is 0 Å². The zero-order chi connectivity index (χ0) is 14.8. The lowest BCUT2D eigenvalue weighted by atomic mass is 10.4. The molecule has 3 rings (SSSR count). The molecule has 0 bridgehead atoms. The van der Waals surface area contributed by atoms with Crippen molar-refractivity contribution in [1.82, 2.24) is 20.5 Å². The average Bonchev–Trinajstić information content (AvgIpc) is 3.38. The Morgan fingerprint density at radius 3 is 2.76 bits per heavy atom. The summed E-state index contributed by atoms with van der Waals surface area (Å²) in [5, 5.41) is 5.65. The van der Waals surface area contributed by atoms with E-state index in [1.54, 1.807) is 4.90 Å². The minimum Gasteiger partial charge on any atom is -0.446 e. The summed E-state index contributed by atoms with van der Waals surface area (Å²) in [4.78, 5) is 29.7. The highest BCUT2D eigenvalue weighted by atomic mass is 16.3. The Morgan fingerprint density at radius 2 is 2.14 bits per heavy atom. The molecule has 2 aliphatic carbocycles. The predicted molar refractivity (Wildman–Crippen MR) is 74.6 cm³/mol. The number of hydrogen-bond acceptors (Lipinski definition) is 4. The number of hydrogen-bond donors (Lipinski definition) is 2. The molecule has 0 aliphatic heterocycles. The zero-order valence-corrected chi connectivity index (χ0v) is 12.1. The van der Waals surface area contributed by atoms with Gasteiger partial charge in [-0.05, 0) is 32.6 Å². The summed E-state index contributed by atoms with van der Waals surface area (Å²) < 4.78 is 5.33. The van der Waals surface area contributed by atoms with Crippen molar-refractivity contribution < 1.29 is 14.0 Å². The highest BCUT2D eigenvalue weighted by Gasteiger charge is 2.33. The van der Waals surface area contributed by atoms with Crippen LogP contribution in [-0.4, -0.2) is 40.5 Å². The van der Waals surface area contributed by atoms with E-state index >= 15 is 0 Å². The molecule has 0 radical (unpaired) electrons. The predicted octanol–water partition coefficient (Wildman–Crippen LogP) is 1.26. The molecule has 21 heavy (non-hydrogen) atoms. The number of nitrogens with zero attached hydrogens (tertiary/aromatic N) is 2. The lowest BCUT2D eigenvalue weighted by Crippen LogP contribution is -2.40. The molecule has 2 aliphatic rings. The van der Waals surface area contributed by atoms with Crippen LogP contribution in [0.2, 0.25) is 0 Å². The largest absolute Gasteiger partial charge is 0.446 e. The van der Waals surface area contributed by atoms with Crippen LogP contribution in [0.1, 0.15) is 49.0 Å². The van der Waals surface area contributed by atoms with E-state index in [1.165, 1.54) is 6.26 Å². The molecule has 0 aromatic carbocycles. The molecule has 2 fully saturated rings. The van der Waals surface area contributed by atoms with Gasteiger partial charge >= 0.3 is 6.03 Å². The summed E-state index contributed by atoms with van der Waals surface area (Å²) in [6.07, 6.45) is 5.43. The van der Waals surface area contributed by atoms with Gasteiger partial charge in [0, 0.05) is 18.6 Å². The number of nitrogens with one attached hydrogen (secondary N) is 2. The van der Waals surface area contributed by atoms with Crippen molar-refractivity contribution >= 4 is 11.9 Å². The molecule has 1 heterocycles. The minimum atomic E-state index is -0.205. The van der Waals surface area contributed by atoms with E-state index in [0.717, 1.165) is 25.7 Å². The van der Waals surface area contributed by atoms with Crippen LogP contribution in [0.15, 0.2) is 10.7 Å². The van der Waals surface area contributed by atoms with Crippen LogP contribution in [0.4, 0.5) is 4.79 Å². The first kappa shape index (κ1) is 13.9. The summed E-state index contributed by atoms with van der Waals surface area (Å²) in [6, 6.07) is 0.435. The maximum atomic E-state index is 12.0. The molecule has 114 valence electrons. The van der Waals surface area contributed by atoms with Gasteiger partial charge in [0.1, 0.15) is 6.26 Å². The zero-order valence-electron chi connectivity index (χ0n) is 12.1. The molecular formula is C14H20N4O3. The molecular weight excluding hydrogens is 272 g/mol. The van der Waals surface area contributed by atoms with E-state index < -0.39 is 0 Å². The Kier molecular flexibility index (Phi) is 3.81. The molecule has 3 amide bonds. The Balaban J connectivity index is 1.61. The van der Waals surface area contributed by atoms with Gasteiger partial charge in [0.05, 0.1) is 6.54 Å². The maximum Gasteiger partial charge on any atom is 0.318 e. The Bertz CT molecular complexity index is 534. The molecule has 2 saturated carbocycles. The third kappa shape index (κ3) is 3.53. The second kappa shape index (κ2) is 5.75. The third-order valence-electron chi connectivity index (χ3n) is 3.58. The fourth-order valence-electron chi connectivity index (χ4n) is 2.13. The Labute approximate surface area is 123 Å². The molecule has 7 heteroatoms. The van der Waals surface area contributed by atoms with Gasteiger partial charge in [-0.2, -0.15) is 0 Å². The van der Waals surface area contributed by atoms with Crippen molar-refractivity contribution in [3.63, 3.8) is 0 Å². The number of urea groups is 1. The van der Waals surface area contributed by atoms with Gasteiger partial charge in [-0.1, -0.05) is 0 Å². The lowest BCUT2D eigenvalue weighted by molar-refractivity contribution is 0.0946. The lowest BCUT2D eigenvalue weighted by Gasteiger charge is -2.20. The summed E-state index contributed by atoms with van der Waals surface area (Å²) >= 11 is 0. The molecule has 0 saturated heterocycles. The van der Waals surface area contributed by atoms with Crippen LogP contribution in [0.3, 0.4) is 0 Å². The van der Waals surface area contributed by atoms with Gasteiger partial charge < -0.3 is 20.0 Å². The van der Waals surface area contributed by atoms with Crippen molar-refractivity contribution in [1.29, 1.82) is 0 Å². The number of carbonyl (C=O) groups excluding carboxylic acids is 2. The molecule has 0 atom stereocenters. The topological polar surface area (TPSA) is 87.5 Å². The minimum absolute atomic E-state index is 0.109. The standard InChI is InChI=1S/C14H20N4O3/c1-2-15-14(20)18(10-5-6-10)7-12-17-11(8-21-12)13(19)16-9-3-4-9/h8-10H,2-7H2,1H3,(H,15,20)(H,16,19). The van der Waals surface area contributed by atoms with Crippen molar-refractivity contribution in [3.05, 3.63) is 17.8 Å². The van der Waals surface area contributed by atoms with Crippen molar-refractivity contribution in [2.24, 2.45) is 0 Å². The van der Waals surface area contributed by atoms with Crippen LogP contribution < -0.4 is 10.6 Å². The van der Waals surface area contributed by atoms with Crippen molar-refractivity contribution in [2.45, 2.75) is 51.2 Å². The van der Waals surface area contributed by atoms with Crippen molar-refractivity contribution in [3.8, 4) is 0 Å². The second-order valence-corrected chi connectivity index (χ2v) is 5.57. The molecule has 0 unspecified atom stereocenters. The monoisotopic (exact) mass is 292 g/mol. The van der Waals surface area contributed by atoms with Gasteiger partial charge in [0.25, 0.3) is 5.91 Å². The molecule has 2 N–H and O–H groups in total. The summed E-state index contributed by atoms with van der Waals surface area (Å²) in [5.41, 5.74) is 0.281. The van der Waals surface area contributed by atoms with Gasteiger partial charge in [-0.25, -0.2) is 9.78 Å². The first-order valence-electron chi connectivity index (χ1n) is 7.47. The van der Waals surface area contributed by atoms with Crippen LogP contribution in [0.5, 0.6) is 0 Å². The van der Waals surface area contributed by atoms with Crippen LogP contribution in [-0.2, 0) is 6.54 Å². The smallest absolute Gasteiger partial charge is 0.318 e. The maximum absolute atomic E-state index is 12.0. The highest BCUT2D eigenvalue weighted by Crippen LogP contribution is 2.28. The SMILES string of the molecule is CCNC(=O)N(Cc1nc(C(=O)NC2CC2)co1)C1CC1. The van der Waals surface area contributed by atoms with E-state index in [-0.39, 0.29) is 29.7 Å². The quantitative estimate of drug-likeness (QED) is 0.826. The Hall–Kier alpha value is -2.05. The molecule has 7 nitrogen and oxygen atoms in total. The second-order valence-electron chi connectivity index (χ2n) is 5.57. The van der Waals surface area contributed by atoms with Gasteiger partial charge in [0.15, 0.2) is 5.69 Å². The Morgan fingerprint density at radius 1 is 1.38 bits per heavy atom. The number of amides is 3.